The Morgan fingerprint density at radius 3 is 2.70 bits per heavy atom. The van der Waals surface area contributed by atoms with E-state index in [9.17, 15) is 23.6 Å². The molecule has 10 nitrogen and oxygen atoms in total. The number of carbonyl (C=O) groups is 1. The highest BCUT2D eigenvalue weighted by Gasteiger charge is 2.20. The van der Waals surface area contributed by atoms with Gasteiger partial charge in [0.1, 0.15) is 30.8 Å². The SMILES string of the molecule is N#Cc1cc2[nH]c(Cc3nn(CC(=O)N4CCOCC4)c(=O)c4ccccc34)nc2cc1OCC(F)F. The molecule has 0 bridgehead atoms. The number of H-pyrrole nitrogens is 1. The molecule has 5 rings (SSSR count). The first-order valence-corrected chi connectivity index (χ1v) is 11.6. The molecule has 0 aliphatic carbocycles. The number of ether oxygens (including phenoxy) is 2. The molecule has 1 fully saturated rings. The summed E-state index contributed by atoms with van der Waals surface area (Å²) in [6.45, 7) is 0.781. The average molecular weight is 508 g/mol. The Labute approximate surface area is 209 Å². The minimum Gasteiger partial charge on any atom is -0.486 e. The van der Waals surface area contributed by atoms with Gasteiger partial charge in [-0.2, -0.15) is 10.4 Å². The van der Waals surface area contributed by atoms with Gasteiger partial charge in [-0.15, -0.1) is 0 Å². The molecule has 4 aromatic rings. The highest BCUT2D eigenvalue weighted by Crippen LogP contribution is 2.26. The zero-order valence-corrected chi connectivity index (χ0v) is 19.6. The second-order valence-corrected chi connectivity index (χ2v) is 8.49. The molecule has 0 radical (unpaired) electrons. The number of aromatic amines is 1. The summed E-state index contributed by atoms with van der Waals surface area (Å²) in [6.07, 6.45) is -2.49. The van der Waals surface area contributed by atoms with Crippen molar-refractivity contribution in [3.05, 3.63) is 63.8 Å². The largest absolute Gasteiger partial charge is 0.486 e. The Balaban J connectivity index is 1.49. The second-order valence-electron chi connectivity index (χ2n) is 8.49. The van der Waals surface area contributed by atoms with Crippen molar-refractivity contribution >= 4 is 27.7 Å². The summed E-state index contributed by atoms with van der Waals surface area (Å²) in [6, 6.07) is 11.9. The number of alkyl halides is 2. The summed E-state index contributed by atoms with van der Waals surface area (Å²) in [5.74, 6) is 0.280. The molecule has 1 saturated heterocycles. The fourth-order valence-electron chi connectivity index (χ4n) is 4.28. The van der Waals surface area contributed by atoms with Gasteiger partial charge >= 0.3 is 0 Å². The molecular formula is C25H22F2N6O4. The molecule has 0 saturated carbocycles. The fraction of sp³-hybridized carbons (Fsp3) is 0.320. The van der Waals surface area contributed by atoms with E-state index in [1.165, 1.54) is 16.8 Å². The topological polar surface area (TPSA) is 126 Å². The van der Waals surface area contributed by atoms with Gasteiger partial charge in [0, 0.05) is 24.5 Å². The molecule has 37 heavy (non-hydrogen) atoms. The first-order valence-electron chi connectivity index (χ1n) is 11.6. The van der Waals surface area contributed by atoms with Crippen molar-refractivity contribution in [3.8, 4) is 11.8 Å². The Morgan fingerprint density at radius 2 is 1.97 bits per heavy atom. The molecule has 12 heteroatoms. The summed E-state index contributed by atoms with van der Waals surface area (Å²) in [7, 11) is 0. The molecular weight excluding hydrogens is 486 g/mol. The lowest BCUT2D eigenvalue weighted by molar-refractivity contribution is -0.136. The van der Waals surface area contributed by atoms with Crippen LogP contribution in [0.5, 0.6) is 5.75 Å². The Kier molecular flexibility index (Phi) is 6.78. The van der Waals surface area contributed by atoms with Crippen LogP contribution < -0.4 is 10.3 Å². The van der Waals surface area contributed by atoms with Gasteiger partial charge in [0.25, 0.3) is 12.0 Å². The number of nitrogens with one attached hydrogen (secondary N) is 1. The van der Waals surface area contributed by atoms with Crippen molar-refractivity contribution in [1.29, 1.82) is 5.26 Å². The zero-order valence-electron chi connectivity index (χ0n) is 19.6. The number of hydrogen-bond acceptors (Lipinski definition) is 7. The number of carbonyl (C=O) groups excluding carboxylic acids is 1. The van der Waals surface area contributed by atoms with Gasteiger partial charge in [0.15, 0.2) is 0 Å². The van der Waals surface area contributed by atoms with Crippen LogP contribution in [0.4, 0.5) is 8.78 Å². The monoisotopic (exact) mass is 508 g/mol. The number of nitrogens with zero attached hydrogens (tertiary/aromatic N) is 5. The van der Waals surface area contributed by atoms with Crippen LogP contribution in [0.25, 0.3) is 21.8 Å². The molecule has 1 N–H and O–H groups in total. The predicted octanol–water partition coefficient (Wildman–Crippen LogP) is 2.24. The quantitative estimate of drug-likeness (QED) is 0.406. The smallest absolute Gasteiger partial charge is 0.275 e. The van der Waals surface area contributed by atoms with Crippen LogP contribution in [0.3, 0.4) is 0 Å². The Hall–Kier alpha value is -4.37. The molecule has 0 spiro atoms. The van der Waals surface area contributed by atoms with Crippen LogP contribution in [-0.2, 0) is 22.5 Å². The van der Waals surface area contributed by atoms with Crippen molar-refractivity contribution in [2.24, 2.45) is 0 Å². The molecule has 0 unspecified atom stereocenters. The molecule has 0 atom stereocenters. The van der Waals surface area contributed by atoms with Crippen LogP contribution in [-0.4, -0.2) is 69.9 Å². The van der Waals surface area contributed by atoms with Crippen molar-refractivity contribution in [3.63, 3.8) is 0 Å². The van der Waals surface area contributed by atoms with Gasteiger partial charge in [0.2, 0.25) is 5.91 Å². The van der Waals surface area contributed by atoms with E-state index in [0.29, 0.717) is 59.6 Å². The molecule has 2 aromatic heterocycles. The van der Waals surface area contributed by atoms with Crippen LogP contribution in [0.15, 0.2) is 41.2 Å². The minimum atomic E-state index is -2.68. The van der Waals surface area contributed by atoms with E-state index in [1.54, 1.807) is 29.2 Å². The number of fused-ring (bicyclic) bond motifs is 2. The number of benzene rings is 2. The standard InChI is InChI=1S/C25H22F2N6O4/c26-22(27)14-37-21-10-20-19(9-15(21)12-28)29-23(30-20)11-18-16-3-1-2-4-17(16)25(35)33(31-18)13-24(34)32-5-7-36-8-6-32/h1-4,9-10,22H,5-8,11,13-14H2,(H,29,30). The maximum Gasteiger partial charge on any atom is 0.275 e. The third-order valence-electron chi connectivity index (χ3n) is 6.05. The van der Waals surface area contributed by atoms with Crippen molar-refractivity contribution < 1.29 is 23.0 Å². The number of halogens is 2. The van der Waals surface area contributed by atoms with E-state index in [0.717, 1.165) is 0 Å². The number of imidazole rings is 1. The van der Waals surface area contributed by atoms with Gasteiger partial charge < -0.3 is 19.4 Å². The third kappa shape index (κ3) is 5.12. The van der Waals surface area contributed by atoms with E-state index >= 15 is 0 Å². The van der Waals surface area contributed by atoms with E-state index in [-0.39, 0.29) is 35.7 Å². The van der Waals surface area contributed by atoms with Crippen molar-refractivity contribution in [1.82, 2.24) is 24.6 Å². The van der Waals surface area contributed by atoms with Crippen LogP contribution in [0.2, 0.25) is 0 Å². The molecule has 190 valence electrons. The van der Waals surface area contributed by atoms with Gasteiger partial charge in [-0.05, 0) is 12.1 Å². The molecule has 1 aliphatic heterocycles. The van der Waals surface area contributed by atoms with E-state index < -0.39 is 13.0 Å². The summed E-state index contributed by atoms with van der Waals surface area (Å²) < 4.78 is 36.7. The van der Waals surface area contributed by atoms with Crippen LogP contribution >= 0.6 is 0 Å². The van der Waals surface area contributed by atoms with Gasteiger partial charge in [-0.3, -0.25) is 9.59 Å². The van der Waals surface area contributed by atoms with Gasteiger partial charge in [-0.1, -0.05) is 18.2 Å². The zero-order chi connectivity index (χ0) is 25.9. The maximum atomic E-state index is 13.1. The van der Waals surface area contributed by atoms with Crippen LogP contribution in [0, 0.1) is 11.3 Å². The molecule has 3 heterocycles. The van der Waals surface area contributed by atoms with Crippen molar-refractivity contribution in [2.75, 3.05) is 32.9 Å². The lowest BCUT2D eigenvalue weighted by atomic mass is 10.1. The fourth-order valence-corrected chi connectivity index (χ4v) is 4.28. The van der Waals surface area contributed by atoms with Crippen LogP contribution in [0.1, 0.15) is 17.1 Å². The number of rotatable bonds is 7. The average Bonchev–Trinajstić information content (AvgIpc) is 3.31. The number of hydrogen-bond donors (Lipinski definition) is 1. The predicted molar refractivity (Wildman–Crippen MR) is 129 cm³/mol. The first-order chi connectivity index (χ1) is 17.9. The first kappa shape index (κ1) is 24.3. The normalized spacial score (nSPS) is 13.8. The maximum absolute atomic E-state index is 13.1. The Bertz CT molecular complexity index is 1570. The molecule has 2 aromatic carbocycles. The van der Waals surface area contributed by atoms with E-state index in [1.807, 2.05) is 6.07 Å². The van der Waals surface area contributed by atoms with E-state index in [2.05, 4.69) is 15.1 Å². The number of aromatic nitrogens is 4. The lowest BCUT2D eigenvalue weighted by Crippen LogP contribution is -2.43. The molecule has 1 amide bonds. The molecule has 1 aliphatic rings. The number of nitriles is 1. The summed E-state index contributed by atoms with van der Waals surface area (Å²) >= 11 is 0. The highest BCUT2D eigenvalue weighted by atomic mass is 19.3. The Morgan fingerprint density at radius 1 is 1.22 bits per heavy atom. The third-order valence-corrected chi connectivity index (χ3v) is 6.05. The van der Waals surface area contributed by atoms with E-state index in [4.69, 9.17) is 9.47 Å². The highest BCUT2D eigenvalue weighted by molar-refractivity contribution is 5.85. The van der Waals surface area contributed by atoms with Gasteiger partial charge in [0.05, 0.1) is 47.3 Å². The second kappa shape index (κ2) is 10.3. The van der Waals surface area contributed by atoms with Crippen molar-refractivity contribution in [2.45, 2.75) is 19.4 Å². The summed E-state index contributed by atoms with van der Waals surface area (Å²) in [5, 5.41) is 15.0. The lowest BCUT2D eigenvalue weighted by Gasteiger charge is -2.26. The van der Waals surface area contributed by atoms with Gasteiger partial charge in [-0.25, -0.2) is 18.4 Å². The summed E-state index contributed by atoms with van der Waals surface area (Å²) in [4.78, 5) is 35.2. The number of morpholine rings is 1. The number of amides is 1. The summed E-state index contributed by atoms with van der Waals surface area (Å²) in [5.41, 5.74) is 1.21. The minimum absolute atomic E-state index is 0.0205.